The Labute approximate surface area is 162 Å². The number of carbonyl (C=O) groups excluding carboxylic acids is 1. The zero-order valence-electron chi connectivity index (χ0n) is 15.6. The summed E-state index contributed by atoms with van der Waals surface area (Å²) in [6, 6.07) is 6.92. The number of nitrogens with zero attached hydrogens (tertiary/aromatic N) is 3. The van der Waals surface area contributed by atoms with Gasteiger partial charge >= 0.3 is 0 Å². The molecule has 1 aromatic heterocycles. The van der Waals surface area contributed by atoms with Crippen LogP contribution in [0.5, 0.6) is 5.75 Å². The third-order valence-corrected chi connectivity index (χ3v) is 5.45. The lowest BCUT2D eigenvalue weighted by Crippen LogP contribution is -2.48. The molecule has 2 aliphatic rings. The van der Waals surface area contributed by atoms with Gasteiger partial charge < -0.3 is 15.4 Å². The summed E-state index contributed by atoms with van der Waals surface area (Å²) in [6.07, 6.45) is 1.35. The van der Waals surface area contributed by atoms with E-state index in [4.69, 9.17) is 10.5 Å². The van der Waals surface area contributed by atoms with E-state index in [1.807, 2.05) is 23.1 Å². The number of hydrogen-bond acceptors (Lipinski definition) is 5. The van der Waals surface area contributed by atoms with Gasteiger partial charge in [0.15, 0.2) is 0 Å². The van der Waals surface area contributed by atoms with Gasteiger partial charge in [0, 0.05) is 24.9 Å². The molecule has 0 spiro atoms. The van der Waals surface area contributed by atoms with Crippen molar-refractivity contribution in [3.8, 4) is 5.75 Å². The molecule has 0 bridgehead atoms. The number of amides is 1. The molecule has 0 saturated carbocycles. The van der Waals surface area contributed by atoms with Crippen LogP contribution in [0.3, 0.4) is 0 Å². The van der Waals surface area contributed by atoms with Crippen LogP contribution in [0, 0.1) is 5.82 Å². The van der Waals surface area contributed by atoms with Crippen LogP contribution >= 0.6 is 0 Å². The quantitative estimate of drug-likeness (QED) is 0.866. The van der Waals surface area contributed by atoms with E-state index in [1.165, 1.54) is 17.2 Å². The van der Waals surface area contributed by atoms with Crippen LogP contribution in [0.25, 0.3) is 10.9 Å². The summed E-state index contributed by atoms with van der Waals surface area (Å²) < 4.78 is 33.1. The van der Waals surface area contributed by atoms with Crippen molar-refractivity contribution in [3.05, 3.63) is 36.3 Å². The van der Waals surface area contributed by atoms with Gasteiger partial charge in [0.05, 0.1) is 31.0 Å². The third-order valence-electron chi connectivity index (χ3n) is 5.45. The Balaban J connectivity index is 1.32. The molecule has 2 N–H and O–H groups in total. The Morgan fingerprint density at radius 2 is 2.11 bits per heavy atom. The number of rotatable bonds is 4. The largest absolute Gasteiger partial charge is 0.490 e. The van der Waals surface area contributed by atoms with E-state index in [0.717, 1.165) is 12.8 Å². The average molecular weight is 390 g/mol. The molecule has 1 aromatic carbocycles. The van der Waals surface area contributed by atoms with Crippen molar-refractivity contribution in [2.75, 3.05) is 26.2 Å². The topological polar surface area (TPSA) is 71.7 Å². The fourth-order valence-corrected chi connectivity index (χ4v) is 3.95. The number of halogens is 2. The first-order valence-electron chi connectivity index (χ1n) is 9.62. The average Bonchev–Trinajstić information content (AvgIpc) is 3.02. The smallest absolute Gasteiger partial charge is 0.238 e. The second-order valence-corrected chi connectivity index (χ2v) is 7.52. The first-order valence-corrected chi connectivity index (χ1v) is 9.62. The van der Waals surface area contributed by atoms with E-state index in [1.54, 1.807) is 0 Å². The van der Waals surface area contributed by atoms with Crippen LogP contribution in [0.15, 0.2) is 30.5 Å². The Morgan fingerprint density at radius 1 is 1.32 bits per heavy atom. The number of pyridine rings is 1. The Morgan fingerprint density at radius 3 is 2.82 bits per heavy atom. The highest BCUT2D eigenvalue weighted by molar-refractivity contribution is 5.85. The van der Waals surface area contributed by atoms with Gasteiger partial charge in [-0.05, 0) is 31.0 Å². The van der Waals surface area contributed by atoms with E-state index in [-0.39, 0.29) is 31.5 Å². The molecule has 2 saturated heterocycles. The monoisotopic (exact) mass is 390 g/mol. The minimum absolute atomic E-state index is 0.00974. The molecule has 2 fully saturated rings. The van der Waals surface area contributed by atoms with Crippen LogP contribution in [0.1, 0.15) is 19.3 Å². The number of fused-ring (bicyclic) bond motifs is 1. The van der Waals surface area contributed by atoms with E-state index in [9.17, 15) is 13.6 Å². The number of hydrogen-bond donors (Lipinski definition) is 1. The molecule has 2 aromatic rings. The molecular weight excluding hydrogens is 366 g/mol. The SMILES string of the molecule is N[C@@H]1C[C@H](F)CN1C(=O)CN1CCC(Oc2cccc3ncc(F)cc23)CC1. The lowest BCUT2D eigenvalue weighted by molar-refractivity contribution is -0.133. The second kappa shape index (κ2) is 7.97. The fraction of sp³-hybridized carbons (Fsp3) is 0.500. The molecule has 2 atom stereocenters. The lowest BCUT2D eigenvalue weighted by Gasteiger charge is -2.33. The molecule has 6 nitrogen and oxygen atoms in total. The van der Waals surface area contributed by atoms with Gasteiger partial charge in [0.25, 0.3) is 0 Å². The van der Waals surface area contributed by atoms with E-state index in [0.29, 0.717) is 29.7 Å². The predicted molar refractivity (Wildman–Crippen MR) is 101 cm³/mol. The first-order chi connectivity index (χ1) is 13.5. The molecule has 0 aliphatic carbocycles. The van der Waals surface area contributed by atoms with Gasteiger partial charge in [-0.2, -0.15) is 0 Å². The number of benzene rings is 1. The molecule has 0 unspecified atom stereocenters. The van der Waals surface area contributed by atoms with Gasteiger partial charge in [-0.1, -0.05) is 6.07 Å². The molecule has 150 valence electrons. The number of carbonyl (C=O) groups is 1. The molecule has 0 radical (unpaired) electrons. The Hall–Kier alpha value is -2.32. The standard InChI is InChI=1S/C20H24F2N4O2/c21-13-8-16-17(24-10-13)2-1-3-18(16)28-15-4-6-25(7-5-15)12-20(27)26-11-14(22)9-19(26)23/h1-3,8,10,14-15,19H,4-7,9,11-12,23H2/t14-,19-/m0/s1. The number of alkyl halides is 1. The highest BCUT2D eigenvalue weighted by atomic mass is 19.1. The maximum absolute atomic E-state index is 13.6. The van der Waals surface area contributed by atoms with Crippen molar-refractivity contribution in [1.82, 2.24) is 14.8 Å². The van der Waals surface area contributed by atoms with Crippen LogP contribution in [-0.2, 0) is 4.79 Å². The number of likely N-dealkylation sites (tertiary alicyclic amines) is 2. The fourth-order valence-electron chi connectivity index (χ4n) is 3.95. The van der Waals surface area contributed by atoms with Crippen LogP contribution < -0.4 is 10.5 Å². The molecular formula is C20H24F2N4O2. The van der Waals surface area contributed by atoms with E-state index < -0.39 is 18.2 Å². The van der Waals surface area contributed by atoms with Gasteiger partial charge in [-0.15, -0.1) is 0 Å². The van der Waals surface area contributed by atoms with E-state index >= 15 is 0 Å². The summed E-state index contributed by atoms with van der Waals surface area (Å²) >= 11 is 0. The van der Waals surface area contributed by atoms with Crippen molar-refractivity contribution in [3.63, 3.8) is 0 Å². The third kappa shape index (κ3) is 4.07. The van der Waals surface area contributed by atoms with Crippen molar-refractivity contribution in [2.45, 2.75) is 37.7 Å². The molecule has 1 amide bonds. The molecule has 28 heavy (non-hydrogen) atoms. The number of nitrogens with two attached hydrogens (primary N) is 1. The summed E-state index contributed by atoms with van der Waals surface area (Å²) in [5, 5.41) is 0.656. The summed E-state index contributed by atoms with van der Waals surface area (Å²) in [6.45, 7) is 1.74. The lowest BCUT2D eigenvalue weighted by atomic mass is 10.1. The highest BCUT2D eigenvalue weighted by Crippen LogP contribution is 2.28. The van der Waals surface area contributed by atoms with Crippen LogP contribution in [-0.4, -0.2) is 65.3 Å². The molecule has 4 rings (SSSR count). The van der Waals surface area contributed by atoms with Gasteiger partial charge in [0.1, 0.15) is 23.8 Å². The van der Waals surface area contributed by atoms with Crippen molar-refractivity contribution in [2.24, 2.45) is 5.73 Å². The van der Waals surface area contributed by atoms with E-state index in [2.05, 4.69) is 4.98 Å². The molecule has 2 aliphatic heterocycles. The normalized spacial score (nSPS) is 24.0. The summed E-state index contributed by atoms with van der Waals surface area (Å²) in [5.74, 6) is 0.103. The predicted octanol–water partition coefficient (Wildman–Crippen LogP) is 2.07. The van der Waals surface area contributed by atoms with Gasteiger partial charge in [0.2, 0.25) is 5.91 Å². The maximum atomic E-state index is 13.6. The summed E-state index contributed by atoms with van der Waals surface area (Å²) in [7, 11) is 0. The number of aromatic nitrogens is 1. The summed E-state index contributed by atoms with van der Waals surface area (Å²) in [5.41, 5.74) is 6.52. The van der Waals surface area contributed by atoms with Crippen molar-refractivity contribution < 1.29 is 18.3 Å². The second-order valence-electron chi connectivity index (χ2n) is 7.52. The number of piperidine rings is 1. The van der Waals surface area contributed by atoms with Crippen molar-refractivity contribution >= 4 is 16.8 Å². The van der Waals surface area contributed by atoms with Crippen LogP contribution in [0.2, 0.25) is 0 Å². The molecule has 8 heteroatoms. The maximum Gasteiger partial charge on any atom is 0.238 e. The minimum atomic E-state index is -1.03. The van der Waals surface area contributed by atoms with Crippen LogP contribution in [0.4, 0.5) is 8.78 Å². The van der Waals surface area contributed by atoms with Gasteiger partial charge in [-0.25, -0.2) is 8.78 Å². The molecule has 3 heterocycles. The zero-order valence-corrected chi connectivity index (χ0v) is 15.6. The Bertz CT molecular complexity index is 857. The zero-order chi connectivity index (χ0) is 19.7. The minimum Gasteiger partial charge on any atom is -0.490 e. The van der Waals surface area contributed by atoms with Gasteiger partial charge in [-0.3, -0.25) is 14.7 Å². The summed E-state index contributed by atoms with van der Waals surface area (Å²) in [4.78, 5) is 20.0. The van der Waals surface area contributed by atoms with Crippen molar-refractivity contribution in [1.29, 1.82) is 0 Å². The number of ether oxygens (including phenoxy) is 1. The highest BCUT2D eigenvalue weighted by Gasteiger charge is 2.34. The first kappa shape index (κ1) is 19.0. The Kier molecular flexibility index (Phi) is 5.41.